The summed E-state index contributed by atoms with van der Waals surface area (Å²) in [6.07, 6.45) is 1.92. The van der Waals surface area contributed by atoms with Gasteiger partial charge in [0.05, 0.1) is 17.9 Å². The lowest BCUT2D eigenvalue weighted by atomic mass is 10.1. The SMILES string of the molecule is CCOCc1c(C(=O)OCC(=O)Nc2ccccc2C(=O)NC2CC2)oc2ccccc12. The molecule has 1 saturated carbocycles. The molecule has 1 aromatic heterocycles. The molecule has 0 atom stereocenters. The van der Waals surface area contributed by atoms with Gasteiger partial charge in [-0.25, -0.2) is 4.79 Å². The van der Waals surface area contributed by atoms with Crippen molar-refractivity contribution in [1.29, 1.82) is 0 Å². The van der Waals surface area contributed by atoms with Crippen molar-refractivity contribution in [2.75, 3.05) is 18.5 Å². The number of anilines is 1. The molecule has 2 amide bonds. The van der Waals surface area contributed by atoms with Gasteiger partial charge < -0.3 is 24.5 Å². The van der Waals surface area contributed by atoms with Gasteiger partial charge >= 0.3 is 5.97 Å². The second kappa shape index (κ2) is 9.65. The van der Waals surface area contributed by atoms with E-state index < -0.39 is 18.5 Å². The minimum absolute atomic E-state index is 0.0108. The molecular formula is C24H24N2O6. The zero-order valence-electron chi connectivity index (χ0n) is 17.7. The summed E-state index contributed by atoms with van der Waals surface area (Å²) < 4.78 is 16.3. The van der Waals surface area contributed by atoms with Crippen molar-refractivity contribution in [3.63, 3.8) is 0 Å². The third-order valence-corrected chi connectivity index (χ3v) is 5.03. The van der Waals surface area contributed by atoms with Crippen LogP contribution in [0.15, 0.2) is 52.9 Å². The van der Waals surface area contributed by atoms with E-state index in [2.05, 4.69) is 10.6 Å². The van der Waals surface area contributed by atoms with Crippen molar-refractivity contribution in [2.45, 2.75) is 32.4 Å². The number of amides is 2. The number of esters is 1. The Morgan fingerprint density at radius 2 is 1.81 bits per heavy atom. The average molecular weight is 436 g/mol. The van der Waals surface area contributed by atoms with Gasteiger partial charge in [0, 0.05) is 23.6 Å². The molecule has 2 N–H and O–H groups in total. The van der Waals surface area contributed by atoms with Crippen molar-refractivity contribution in [2.24, 2.45) is 0 Å². The van der Waals surface area contributed by atoms with Crippen LogP contribution in [-0.4, -0.2) is 37.0 Å². The molecule has 0 aliphatic heterocycles. The number of carbonyl (C=O) groups excluding carboxylic acids is 3. The molecule has 0 radical (unpaired) electrons. The normalized spacial score (nSPS) is 13.0. The van der Waals surface area contributed by atoms with Crippen LogP contribution in [-0.2, 0) is 20.9 Å². The Labute approximate surface area is 184 Å². The molecule has 0 spiro atoms. The predicted molar refractivity (Wildman–Crippen MR) is 117 cm³/mol. The maximum atomic E-state index is 12.6. The molecule has 4 rings (SSSR count). The second-order valence-corrected chi connectivity index (χ2v) is 7.46. The Morgan fingerprint density at radius 1 is 1.06 bits per heavy atom. The first-order valence-corrected chi connectivity index (χ1v) is 10.5. The van der Waals surface area contributed by atoms with Crippen LogP contribution >= 0.6 is 0 Å². The standard InChI is InChI=1S/C24H24N2O6/c1-2-30-13-18-16-7-4-6-10-20(16)32-22(18)24(29)31-14-21(27)26-19-9-5-3-8-17(19)23(28)25-15-11-12-15/h3-10,15H,2,11-14H2,1H3,(H,25,28)(H,26,27). The van der Waals surface area contributed by atoms with Gasteiger partial charge in [-0.05, 0) is 38.0 Å². The van der Waals surface area contributed by atoms with E-state index in [0.29, 0.717) is 29.0 Å². The van der Waals surface area contributed by atoms with Gasteiger partial charge in [-0.3, -0.25) is 9.59 Å². The van der Waals surface area contributed by atoms with Gasteiger partial charge in [0.1, 0.15) is 5.58 Å². The van der Waals surface area contributed by atoms with Gasteiger partial charge in [-0.15, -0.1) is 0 Å². The van der Waals surface area contributed by atoms with E-state index in [1.54, 1.807) is 36.4 Å². The minimum Gasteiger partial charge on any atom is -0.450 e. The lowest BCUT2D eigenvalue weighted by molar-refractivity contribution is -0.119. The van der Waals surface area contributed by atoms with Crippen LogP contribution in [0.5, 0.6) is 0 Å². The number of hydrogen-bond donors (Lipinski definition) is 2. The molecule has 1 aliphatic rings. The predicted octanol–water partition coefficient (Wildman–Crippen LogP) is 3.66. The highest BCUT2D eigenvalue weighted by molar-refractivity contribution is 6.04. The van der Waals surface area contributed by atoms with Crippen LogP contribution < -0.4 is 10.6 Å². The molecule has 1 fully saturated rings. The van der Waals surface area contributed by atoms with Crippen LogP contribution in [0.4, 0.5) is 5.69 Å². The zero-order chi connectivity index (χ0) is 22.5. The van der Waals surface area contributed by atoms with E-state index in [9.17, 15) is 14.4 Å². The summed E-state index contributed by atoms with van der Waals surface area (Å²) in [5, 5.41) is 6.28. The van der Waals surface area contributed by atoms with Gasteiger partial charge in [0.2, 0.25) is 5.76 Å². The Balaban J connectivity index is 1.42. The summed E-state index contributed by atoms with van der Waals surface area (Å²) in [6, 6.07) is 14.1. The summed E-state index contributed by atoms with van der Waals surface area (Å²) in [6.45, 7) is 1.99. The number of fused-ring (bicyclic) bond motifs is 1. The van der Waals surface area contributed by atoms with E-state index >= 15 is 0 Å². The number of benzene rings is 2. The zero-order valence-corrected chi connectivity index (χ0v) is 17.7. The van der Waals surface area contributed by atoms with Crippen molar-refractivity contribution >= 4 is 34.4 Å². The van der Waals surface area contributed by atoms with Gasteiger partial charge in [0.15, 0.2) is 6.61 Å². The quantitative estimate of drug-likeness (QED) is 0.496. The van der Waals surface area contributed by atoms with Crippen LogP contribution in [0.2, 0.25) is 0 Å². The maximum absolute atomic E-state index is 12.6. The first-order chi connectivity index (χ1) is 15.6. The highest BCUT2D eigenvalue weighted by atomic mass is 16.5. The first kappa shape index (κ1) is 21.6. The Kier molecular flexibility index (Phi) is 6.51. The van der Waals surface area contributed by atoms with Crippen molar-refractivity contribution in [1.82, 2.24) is 5.32 Å². The lowest BCUT2D eigenvalue weighted by Crippen LogP contribution is -2.28. The van der Waals surface area contributed by atoms with E-state index in [0.717, 1.165) is 18.2 Å². The lowest BCUT2D eigenvalue weighted by Gasteiger charge is -2.11. The molecule has 0 bridgehead atoms. The van der Waals surface area contributed by atoms with Crippen LogP contribution in [0, 0.1) is 0 Å². The molecule has 8 heteroatoms. The maximum Gasteiger partial charge on any atom is 0.375 e. The topological polar surface area (TPSA) is 107 Å². The molecular weight excluding hydrogens is 412 g/mol. The molecule has 2 aromatic carbocycles. The van der Waals surface area contributed by atoms with Crippen LogP contribution in [0.1, 0.15) is 46.2 Å². The summed E-state index contributed by atoms with van der Waals surface area (Å²) >= 11 is 0. The Hall–Kier alpha value is -3.65. The van der Waals surface area contributed by atoms with E-state index in [1.807, 2.05) is 19.1 Å². The number of carbonyl (C=O) groups is 3. The minimum atomic E-state index is -0.759. The summed E-state index contributed by atoms with van der Waals surface area (Å²) in [5.41, 5.74) is 1.83. The third-order valence-electron chi connectivity index (χ3n) is 5.03. The van der Waals surface area contributed by atoms with Crippen molar-refractivity contribution in [3.8, 4) is 0 Å². The number of para-hydroxylation sites is 2. The molecule has 0 saturated heterocycles. The van der Waals surface area contributed by atoms with E-state index in [1.165, 1.54) is 0 Å². The van der Waals surface area contributed by atoms with Gasteiger partial charge in [-0.1, -0.05) is 30.3 Å². The number of hydrogen-bond acceptors (Lipinski definition) is 6. The number of rotatable bonds is 9. The highest BCUT2D eigenvalue weighted by Crippen LogP contribution is 2.27. The van der Waals surface area contributed by atoms with Gasteiger partial charge in [0.25, 0.3) is 11.8 Å². The molecule has 32 heavy (non-hydrogen) atoms. The summed E-state index contributed by atoms with van der Waals surface area (Å²) in [7, 11) is 0. The van der Waals surface area contributed by atoms with Crippen LogP contribution in [0.25, 0.3) is 11.0 Å². The highest BCUT2D eigenvalue weighted by Gasteiger charge is 2.26. The average Bonchev–Trinajstić information content (AvgIpc) is 3.54. The summed E-state index contributed by atoms with van der Waals surface area (Å²) in [5.74, 6) is -1.56. The molecule has 8 nitrogen and oxygen atoms in total. The van der Waals surface area contributed by atoms with Crippen LogP contribution in [0.3, 0.4) is 0 Å². The molecule has 166 valence electrons. The molecule has 1 aliphatic carbocycles. The molecule has 3 aromatic rings. The molecule has 1 heterocycles. The fraction of sp³-hybridized carbons (Fsp3) is 0.292. The largest absolute Gasteiger partial charge is 0.450 e. The first-order valence-electron chi connectivity index (χ1n) is 10.5. The number of nitrogens with one attached hydrogen (secondary N) is 2. The third kappa shape index (κ3) is 4.97. The van der Waals surface area contributed by atoms with E-state index in [-0.39, 0.29) is 24.3 Å². The Bertz CT molecular complexity index is 1150. The van der Waals surface area contributed by atoms with Crippen molar-refractivity contribution in [3.05, 3.63) is 65.4 Å². The fourth-order valence-electron chi connectivity index (χ4n) is 3.27. The monoisotopic (exact) mass is 436 g/mol. The van der Waals surface area contributed by atoms with Gasteiger partial charge in [-0.2, -0.15) is 0 Å². The smallest absolute Gasteiger partial charge is 0.375 e. The van der Waals surface area contributed by atoms with Crippen molar-refractivity contribution < 1.29 is 28.3 Å². The second-order valence-electron chi connectivity index (χ2n) is 7.46. The number of ether oxygens (including phenoxy) is 2. The number of furan rings is 1. The summed E-state index contributed by atoms with van der Waals surface area (Å²) in [4.78, 5) is 37.4. The fourth-order valence-corrected chi connectivity index (χ4v) is 3.27. The molecule has 0 unspecified atom stereocenters. The van der Waals surface area contributed by atoms with E-state index in [4.69, 9.17) is 13.9 Å². The Morgan fingerprint density at radius 3 is 2.59 bits per heavy atom.